The summed E-state index contributed by atoms with van der Waals surface area (Å²) < 4.78 is 5.36. The first-order chi connectivity index (χ1) is 9.97. The van der Waals surface area contributed by atoms with Gasteiger partial charge in [0.05, 0.1) is 6.61 Å². The molecule has 3 atom stereocenters. The van der Waals surface area contributed by atoms with Crippen molar-refractivity contribution in [2.24, 2.45) is 5.41 Å². The van der Waals surface area contributed by atoms with Crippen LogP contribution in [0.5, 0.6) is 0 Å². The van der Waals surface area contributed by atoms with Crippen LogP contribution in [0.3, 0.4) is 0 Å². The Morgan fingerprint density at radius 1 is 1.33 bits per heavy atom. The summed E-state index contributed by atoms with van der Waals surface area (Å²) in [6, 6.07) is 1.87. The molecule has 3 nitrogen and oxygen atoms in total. The molecule has 0 radical (unpaired) electrons. The minimum atomic E-state index is 0.386. The summed E-state index contributed by atoms with van der Waals surface area (Å²) in [7, 11) is 1.81. The van der Waals surface area contributed by atoms with Gasteiger partial charge in [0.15, 0.2) is 0 Å². The fourth-order valence-corrected chi connectivity index (χ4v) is 3.82. The van der Waals surface area contributed by atoms with E-state index in [2.05, 4.69) is 44.8 Å². The Balaban J connectivity index is 2.88. The third kappa shape index (κ3) is 5.22. The van der Waals surface area contributed by atoms with Crippen molar-refractivity contribution < 1.29 is 4.74 Å². The van der Waals surface area contributed by atoms with E-state index in [-0.39, 0.29) is 0 Å². The van der Waals surface area contributed by atoms with Crippen LogP contribution in [0.2, 0.25) is 0 Å². The molecule has 1 aliphatic carbocycles. The Morgan fingerprint density at radius 3 is 2.62 bits per heavy atom. The Bertz CT molecular complexity index is 280. The smallest absolute Gasteiger partial charge is 0.0589 e. The van der Waals surface area contributed by atoms with Crippen LogP contribution in [0.15, 0.2) is 0 Å². The number of hydrogen-bond donors (Lipinski definition) is 1. The van der Waals surface area contributed by atoms with Crippen LogP contribution in [0.25, 0.3) is 0 Å². The van der Waals surface area contributed by atoms with Crippen LogP contribution >= 0.6 is 0 Å². The van der Waals surface area contributed by atoms with Gasteiger partial charge < -0.3 is 10.1 Å². The maximum Gasteiger partial charge on any atom is 0.0589 e. The van der Waals surface area contributed by atoms with Crippen molar-refractivity contribution in [2.75, 3.05) is 26.8 Å². The van der Waals surface area contributed by atoms with Gasteiger partial charge in [-0.1, -0.05) is 34.1 Å². The molecule has 0 bridgehead atoms. The summed E-state index contributed by atoms with van der Waals surface area (Å²) in [4.78, 5) is 2.71. The van der Waals surface area contributed by atoms with E-state index in [9.17, 15) is 0 Å². The number of ether oxygens (including phenoxy) is 1. The van der Waals surface area contributed by atoms with Gasteiger partial charge in [0.1, 0.15) is 0 Å². The molecule has 3 heteroatoms. The van der Waals surface area contributed by atoms with E-state index in [1.54, 1.807) is 0 Å². The van der Waals surface area contributed by atoms with Crippen molar-refractivity contribution in [3.8, 4) is 0 Å². The number of nitrogens with zero attached hydrogens (tertiary/aromatic N) is 1. The Morgan fingerprint density at radius 2 is 2.05 bits per heavy atom. The predicted molar refractivity (Wildman–Crippen MR) is 91.8 cm³/mol. The maximum atomic E-state index is 5.36. The number of nitrogens with one attached hydrogen (secondary N) is 1. The van der Waals surface area contributed by atoms with E-state index >= 15 is 0 Å². The van der Waals surface area contributed by atoms with E-state index in [1.807, 2.05) is 7.11 Å². The second-order valence-corrected chi connectivity index (χ2v) is 7.37. The molecule has 21 heavy (non-hydrogen) atoms. The van der Waals surface area contributed by atoms with Crippen molar-refractivity contribution in [1.82, 2.24) is 10.2 Å². The number of methoxy groups -OCH3 is 1. The zero-order chi connectivity index (χ0) is 15.9. The highest BCUT2D eigenvalue weighted by atomic mass is 16.5. The fourth-order valence-electron chi connectivity index (χ4n) is 3.82. The molecule has 1 fully saturated rings. The quantitative estimate of drug-likeness (QED) is 0.703. The van der Waals surface area contributed by atoms with E-state index in [4.69, 9.17) is 4.74 Å². The predicted octanol–water partition coefficient (Wildman–Crippen LogP) is 3.68. The highest BCUT2D eigenvalue weighted by Gasteiger charge is 2.41. The highest BCUT2D eigenvalue weighted by Crippen LogP contribution is 2.38. The lowest BCUT2D eigenvalue weighted by Crippen LogP contribution is -2.61. The molecule has 1 rings (SSSR count). The van der Waals surface area contributed by atoms with E-state index in [1.165, 1.54) is 32.1 Å². The van der Waals surface area contributed by atoms with Crippen LogP contribution in [-0.2, 0) is 4.74 Å². The highest BCUT2D eigenvalue weighted by molar-refractivity contribution is 4.99. The average Bonchev–Trinajstić information content (AvgIpc) is 2.45. The summed E-state index contributed by atoms with van der Waals surface area (Å²) in [5.41, 5.74) is 0.386. The van der Waals surface area contributed by atoms with Crippen molar-refractivity contribution >= 4 is 0 Å². The van der Waals surface area contributed by atoms with Gasteiger partial charge in [-0.05, 0) is 44.6 Å². The van der Waals surface area contributed by atoms with Crippen molar-refractivity contribution in [1.29, 1.82) is 0 Å². The van der Waals surface area contributed by atoms with Gasteiger partial charge in [-0.2, -0.15) is 0 Å². The zero-order valence-electron chi connectivity index (χ0n) is 15.2. The molecular formula is C18H38N2O. The van der Waals surface area contributed by atoms with E-state index in [0.29, 0.717) is 23.5 Å². The third-order valence-electron chi connectivity index (χ3n) is 5.30. The van der Waals surface area contributed by atoms with Crippen molar-refractivity contribution in [3.05, 3.63) is 0 Å². The zero-order valence-corrected chi connectivity index (χ0v) is 15.2. The van der Waals surface area contributed by atoms with Crippen LogP contribution in [-0.4, -0.2) is 49.8 Å². The topological polar surface area (TPSA) is 24.5 Å². The first kappa shape index (κ1) is 18.9. The van der Waals surface area contributed by atoms with Crippen LogP contribution in [0, 0.1) is 5.41 Å². The van der Waals surface area contributed by atoms with Gasteiger partial charge in [0, 0.05) is 31.8 Å². The molecule has 126 valence electrons. The monoisotopic (exact) mass is 298 g/mol. The molecule has 0 saturated heterocycles. The maximum absolute atomic E-state index is 5.36. The molecule has 3 unspecified atom stereocenters. The molecule has 0 aliphatic heterocycles. The summed E-state index contributed by atoms with van der Waals surface area (Å²) in [6.45, 7) is 14.8. The molecule has 1 N–H and O–H groups in total. The summed E-state index contributed by atoms with van der Waals surface area (Å²) >= 11 is 0. The summed E-state index contributed by atoms with van der Waals surface area (Å²) in [6.07, 6.45) is 6.42. The van der Waals surface area contributed by atoms with Gasteiger partial charge in [0.2, 0.25) is 0 Å². The lowest BCUT2D eigenvalue weighted by atomic mass is 9.70. The molecular weight excluding hydrogens is 260 g/mol. The first-order valence-corrected chi connectivity index (χ1v) is 8.96. The summed E-state index contributed by atoms with van der Waals surface area (Å²) in [5.74, 6) is 0. The Hall–Kier alpha value is -0.120. The largest absolute Gasteiger partial charge is 0.383 e. The summed E-state index contributed by atoms with van der Waals surface area (Å²) in [5, 5.41) is 3.87. The van der Waals surface area contributed by atoms with Crippen LogP contribution < -0.4 is 5.32 Å². The van der Waals surface area contributed by atoms with Gasteiger partial charge in [-0.3, -0.25) is 4.90 Å². The lowest BCUT2D eigenvalue weighted by Gasteiger charge is -2.50. The number of hydrogen-bond acceptors (Lipinski definition) is 3. The normalized spacial score (nSPS) is 27.0. The Labute approximate surface area is 132 Å². The van der Waals surface area contributed by atoms with E-state index < -0.39 is 0 Å². The molecule has 0 spiro atoms. The van der Waals surface area contributed by atoms with Crippen LogP contribution in [0.4, 0.5) is 0 Å². The van der Waals surface area contributed by atoms with Crippen molar-refractivity contribution in [2.45, 2.75) is 84.8 Å². The molecule has 0 amide bonds. The average molecular weight is 299 g/mol. The van der Waals surface area contributed by atoms with E-state index in [0.717, 1.165) is 19.7 Å². The molecule has 0 heterocycles. The fraction of sp³-hybridized carbons (Fsp3) is 1.00. The minimum absolute atomic E-state index is 0.386. The van der Waals surface area contributed by atoms with Gasteiger partial charge >= 0.3 is 0 Å². The third-order valence-corrected chi connectivity index (χ3v) is 5.30. The van der Waals surface area contributed by atoms with Gasteiger partial charge in [-0.15, -0.1) is 0 Å². The second kappa shape index (κ2) is 9.12. The lowest BCUT2D eigenvalue weighted by molar-refractivity contribution is 0.0116. The molecule has 0 aromatic carbocycles. The molecule has 1 aliphatic rings. The second-order valence-electron chi connectivity index (χ2n) is 7.37. The van der Waals surface area contributed by atoms with Gasteiger partial charge in [-0.25, -0.2) is 0 Å². The molecule has 1 saturated carbocycles. The standard InChI is InChI=1S/C18H38N2O/c1-7-12-19-17-16(10-9-11-18(17,4)5)20(13-14-21-6)15(3)8-2/h15-17,19H,7-14H2,1-6H3. The molecule has 0 aromatic rings. The van der Waals surface area contributed by atoms with Crippen molar-refractivity contribution in [3.63, 3.8) is 0 Å². The first-order valence-electron chi connectivity index (χ1n) is 8.96. The minimum Gasteiger partial charge on any atom is -0.383 e. The Kier molecular flexibility index (Phi) is 8.22. The number of rotatable bonds is 9. The SMILES string of the molecule is CCCNC1C(N(CCOC)C(C)CC)CCCC1(C)C. The van der Waals surface area contributed by atoms with Gasteiger partial charge in [0.25, 0.3) is 0 Å². The molecule has 0 aromatic heterocycles. The van der Waals surface area contributed by atoms with Crippen LogP contribution in [0.1, 0.15) is 66.7 Å².